The van der Waals surface area contributed by atoms with Crippen molar-refractivity contribution in [3.05, 3.63) is 23.3 Å². The number of carboxylic acid groups (broad SMARTS) is 1. The predicted molar refractivity (Wildman–Crippen MR) is 86.2 cm³/mol. The van der Waals surface area contributed by atoms with Crippen LogP contribution >= 0.6 is 0 Å². The number of benzene rings is 1. The van der Waals surface area contributed by atoms with Gasteiger partial charge in [0.15, 0.2) is 17.3 Å². The molecule has 0 amide bonds. The van der Waals surface area contributed by atoms with E-state index in [-0.39, 0.29) is 29.3 Å². The van der Waals surface area contributed by atoms with E-state index in [2.05, 4.69) is 0 Å². The van der Waals surface area contributed by atoms with Crippen LogP contribution in [0.3, 0.4) is 0 Å². The van der Waals surface area contributed by atoms with Gasteiger partial charge in [-0.05, 0) is 66.7 Å². The Morgan fingerprint density at radius 1 is 1.33 bits per heavy atom. The highest BCUT2D eigenvalue weighted by molar-refractivity contribution is 6.07. The molecule has 1 aromatic carbocycles. The highest BCUT2D eigenvalue weighted by Gasteiger charge is 2.66. The van der Waals surface area contributed by atoms with Crippen LogP contribution in [-0.2, 0) is 16.0 Å². The summed E-state index contributed by atoms with van der Waals surface area (Å²) in [5, 5.41) is 19.5. The van der Waals surface area contributed by atoms with Gasteiger partial charge in [-0.2, -0.15) is 0 Å². The number of carboxylic acids is 1. The van der Waals surface area contributed by atoms with E-state index in [1.165, 1.54) is 7.11 Å². The summed E-state index contributed by atoms with van der Waals surface area (Å²) in [4.78, 5) is 24.0. The summed E-state index contributed by atoms with van der Waals surface area (Å²) in [6.07, 6.45) is 3.31. The Labute approximate surface area is 140 Å². The van der Waals surface area contributed by atoms with Gasteiger partial charge in [0, 0.05) is 5.41 Å². The molecule has 5 heteroatoms. The number of phenols is 1. The van der Waals surface area contributed by atoms with Gasteiger partial charge in [0.1, 0.15) is 5.92 Å². The fraction of sp³-hybridized carbons (Fsp3) is 0.579. The highest BCUT2D eigenvalue weighted by Crippen LogP contribution is 2.64. The summed E-state index contributed by atoms with van der Waals surface area (Å²) in [7, 11) is 1.53. The van der Waals surface area contributed by atoms with E-state index < -0.39 is 17.3 Å². The number of carbonyl (C=O) groups excluding carboxylic acids is 1. The Morgan fingerprint density at radius 2 is 2.08 bits per heavy atom. The van der Waals surface area contributed by atoms with Crippen molar-refractivity contribution >= 4 is 11.8 Å². The molecular formula is C19H22O5. The molecular weight excluding hydrogens is 308 g/mol. The Morgan fingerprint density at radius 3 is 2.75 bits per heavy atom. The van der Waals surface area contributed by atoms with Crippen molar-refractivity contribution in [1.29, 1.82) is 0 Å². The maximum Gasteiger partial charge on any atom is 0.314 e. The molecule has 2 N–H and O–H groups in total. The van der Waals surface area contributed by atoms with Gasteiger partial charge < -0.3 is 14.9 Å². The van der Waals surface area contributed by atoms with Crippen molar-refractivity contribution in [1.82, 2.24) is 0 Å². The van der Waals surface area contributed by atoms with Gasteiger partial charge in [-0.25, -0.2) is 0 Å². The lowest BCUT2D eigenvalue weighted by Crippen LogP contribution is -2.64. The molecule has 0 aromatic heterocycles. The van der Waals surface area contributed by atoms with E-state index >= 15 is 0 Å². The quantitative estimate of drug-likeness (QED) is 0.815. The maximum atomic E-state index is 12.4. The first-order chi connectivity index (χ1) is 11.4. The fourth-order valence-electron chi connectivity index (χ4n) is 5.59. The van der Waals surface area contributed by atoms with Crippen LogP contribution in [0.2, 0.25) is 0 Å². The number of ketones is 1. The number of phenolic OH excluding ortho intramolecular Hbond substituents is 1. The van der Waals surface area contributed by atoms with E-state index in [9.17, 15) is 19.8 Å². The molecule has 1 aromatic rings. The van der Waals surface area contributed by atoms with Crippen LogP contribution in [0.5, 0.6) is 11.5 Å². The van der Waals surface area contributed by atoms with Crippen molar-refractivity contribution < 1.29 is 24.5 Å². The lowest BCUT2D eigenvalue weighted by atomic mass is 9.42. The number of ether oxygens (including phenoxy) is 1. The molecule has 3 aliphatic rings. The third-order valence-electron chi connectivity index (χ3n) is 6.75. The normalized spacial score (nSPS) is 36.8. The number of hydrogen-bond acceptors (Lipinski definition) is 4. The molecule has 2 saturated carbocycles. The lowest BCUT2D eigenvalue weighted by Gasteiger charge is -2.59. The van der Waals surface area contributed by atoms with Gasteiger partial charge in [-0.1, -0.05) is 6.92 Å². The minimum Gasteiger partial charge on any atom is -0.504 e. The minimum atomic E-state index is -0.975. The summed E-state index contributed by atoms with van der Waals surface area (Å²) < 4.78 is 5.25. The first-order valence-corrected chi connectivity index (χ1v) is 8.55. The molecule has 0 radical (unpaired) electrons. The molecule has 3 aliphatic carbocycles. The first kappa shape index (κ1) is 15.5. The smallest absolute Gasteiger partial charge is 0.314 e. The number of aryl methyl sites for hydroxylation is 1. The molecule has 5 nitrogen and oxygen atoms in total. The third kappa shape index (κ3) is 1.81. The molecule has 4 rings (SSSR count). The van der Waals surface area contributed by atoms with Crippen molar-refractivity contribution in [2.45, 2.75) is 38.5 Å². The van der Waals surface area contributed by atoms with E-state index in [0.29, 0.717) is 5.75 Å². The number of rotatable bonds is 2. The van der Waals surface area contributed by atoms with Crippen LogP contribution in [-0.4, -0.2) is 29.1 Å². The van der Waals surface area contributed by atoms with Gasteiger partial charge in [-0.3, -0.25) is 9.59 Å². The standard InChI is InChI=1S/C19H22O5/c1-19-6-5-10-11(16(19)15(17(19)21)18(22)23)4-3-9-7-13(20)14(24-2)8-12(9)10/h7-8,10-11,15-16,20H,3-6H2,1-2H3,(H,22,23)/t10?,11?,15?,16?,19-/m0/s1. The average molecular weight is 330 g/mol. The molecule has 0 aliphatic heterocycles. The van der Waals surface area contributed by atoms with Crippen LogP contribution in [0.25, 0.3) is 0 Å². The van der Waals surface area contributed by atoms with Gasteiger partial charge in [-0.15, -0.1) is 0 Å². The highest BCUT2D eigenvalue weighted by atomic mass is 16.5. The van der Waals surface area contributed by atoms with Gasteiger partial charge >= 0.3 is 5.97 Å². The lowest BCUT2D eigenvalue weighted by molar-refractivity contribution is -0.181. The first-order valence-electron chi connectivity index (χ1n) is 8.55. The monoisotopic (exact) mass is 330 g/mol. The van der Waals surface area contributed by atoms with E-state index in [1.807, 2.05) is 13.0 Å². The number of carbonyl (C=O) groups is 2. The number of methoxy groups -OCH3 is 1. The van der Waals surface area contributed by atoms with Crippen molar-refractivity contribution in [3.8, 4) is 11.5 Å². The van der Waals surface area contributed by atoms with Gasteiger partial charge in [0.25, 0.3) is 0 Å². The molecule has 128 valence electrons. The second kappa shape index (κ2) is 4.98. The van der Waals surface area contributed by atoms with Crippen molar-refractivity contribution in [3.63, 3.8) is 0 Å². The fourth-order valence-corrected chi connectivity index (χ4v) is 5.59. The molecule has 2 fully saturated rings. The molecule has 0 heterocycles. The molecule has 0 bridgehead atoms. The summed E-state index contributed by atoms with van der Waals surface area (Å²) >= 11 is 0. The van der Waals surface area contributed by atoms with Crippen LogP contribution < -0.4 is 4.74 Å². The maximum absolute atomic E-state index is 12.4. The second-order valence-corrected chi connectivity index (χ2v) is 7.69. The molecule has 5 atom stereocenters. The van der Waals surface area contributed by atoms with Crippen molar-refractivity contribution in [2.75, 3.05) is 7.11 Å². The number of hydrogen-bond donors (Lipinski definition) is 2. The Bertz CT molecular complexity index is 740. The zero-order valence-electron chi connectivity index (χ0n) is 13.9. The second-order valence-electron chi connectivity index (χ2n) is 7.69. The van der Waals surface area contributed by atoms with Gasteiger partial charge in [0.05, 0.1) is 7.11 Å². The number of Topliss-reactive ketones (excluding diaryl/α,β-unsaturated/α-hetero) is 1. The van der Waals surface area contributed by atoms with E-state index in [4.69, 9.17) is 4.74 Å². The summed E-state index contributed by atoms with van der Waals surface area (Å²) in [6.45, 7) is 1.95. The third-order valence-corrected chi connectivity index (χ3v) is 6.75. The van der Waals surface area contributed by atoms with Crippen LogP contribution in [0.4, 0.5) is 0 Å². The van der Waals surface area contributed by atoms with E-state index in [1.54, 1.807) is 6.07 Å². The van der Waals surface area contributed by atoms with Crippen molar-refractivity contribution in [2.24, 2.45) is 23.2 Å². The predicted octanol–water partition coefficient (Wildman–Crippen LogP) is 2.75. The van der Waals surface area contributed by atoms with E-state index in [0.717, 1.165) is 36.8 Å². The zero-order valence-corrected chi connectivity index (χ0v) is 13.9. The average Bonchev–Trinajstić information content (AvgIpc) is 2.55. The topological polar surface area (TPSA) is 83.8 Å². The zero-order chi connectivity index (χ0) is 17.2. The molecule has 4 unspecified atom stereocenters. The summed E-state index contributed by atoms with van der Waals surface area (Å²) in [6, 6.07) is 3.68. The summed E-state index contributed by atoms with van der Waals surface area (Å²) in [5.74, 6) is -0.914. The number of aromatic hydroxyl groups is 1. The number of fused-ring (bicyclic) bond motifs is 5. The van der Waals surface area contributed by atoms with Crippen LogP contribution in [0.15, 0.2) is 12.1 Å². The van der Waals surface area contributed by atoms with Crippen LogP contribution in [0, 0.1) is 23.2 Å². The number of aliphatic carboxylic acids is 1. The van der Waals surface area contributed by atoms with Gasteiger partial charge in [0.2, 0.25) is 0 Å². The molecule has 24 heavy (non-hydrogen) atoms. The minimum absolute atomic E-state index is 0.0748. The van der Waals surface area contributed by atoms with Crippen LogP contribution in [0.1, 0.15) is 43.2 Å². The largest absolute Gasteiger partial charge is 0.504 e. The Hall–Kier alpha value is -2.04. The Balaban J connectivity index is 1.74. The Kier molecular flexibility index (Phi) is 3.21. The SMILES string of the molecule is COc1cc2c(cc1O)CCC1C2CC[C@]2(C)C(=O)C(C(=O)O)C12. The molecule has 0 saturated heterocycles. The summed E-state index contributed by atoms with van der Waals surface area (Å²) in [5.41, 5.74) is 1.81. The molecule has 0 spiro atoms.